The largest absolute Gasteiger partial charge is 0.338 e. The standard InChI is InChI=1S/C20H29N3O2.ClH/c1-13-7-6-9-17(14(13)2)23-12-16(11-19(23)24)20(25)22-10-5-4-8-18(22)15(3)21;/h6-7,9,15-16,18H,4-5,8,10-12,21H2,1-3H3;1H. The van der Waals surface area contributed by atoms with Crippen molar-refractivity contribution in [3.05, 3.63) is 29.3 Å². The number of aryl methyl sites for hydroxylation is 1. The summed E-state index contributed by atoms with van der Waals surface area (Å²) in [6.07, 6.45) is 3.41. The maximum atomic E-state index is 13.1. The van der Waals surface area contributed by atoms with E-state index in [1.54, 1.807) is 4.90 Å². The second-order valence-electron chi connectivity index (χ2n) is 7.58. The zero-order valence-corrected chi connectivity index (χ0v) is 16.7. The summed E-state index contributed by atoms with van der Waals surface area (Å²) in [5.41, 5.74) is 9.31. The highest BCUT2D eigenvalue weighted by atomic mass is 35.5. The zero-order valence-electron chi connectivity index (χ0n) is 15.9. The summed E-state index contributed by atoms with van der Waals surface area (Å²) in [7, 11) is 0. The van der Waals surface area contributed by atoms with E-state index in [1.807, 2.05) is 43.9 Å². The Kier molecular flexibility index (Phi) is 6.69. The Morgan fingerprint density at radius 1 is 1.27 bits per heavy atom. The third kappa shape index (κ3) is 3.89. The topological polar surface area (TPSA) is 66.6 Å². The summed E-state index contributed by atoms with van der Waals surface area (Å²) in [6.45, 7) is 7.29. The molecule has 0 saturated carbocycles. The summed E-state index contributed by atoms with van der Waals surface area (Å²) in [4.78, 5) is 29.4. The summed E-state index contributed by atoms with van der Waals surface area (Å²) < 4.78 is 0. The van der Waals surface area contributed by atoms with E-state index in [0.717, 1.165) is 42.6 Å². The van der Waals surface area contributed by atoms with Crippen LogP contribution in [0.4, 0.5) is 5.69 Å². The fourth-order valence-corrected chi connectivity index (χ4v) is 4.15. The van der Waals surface area contributed by atoms with Crippen molar-refractivity contribution in [1.29, 1.82) is 0 Å². The molecule has 0 aliphatic carbocycles. The number of rotatable bonds is 3. The van der Waals surface area contributed by atoms with E-state index < -0.39 is 0 Å². The van der Waals surface area contributed by atoms with Gasteiger partial charge in [0.25, 0.3) is 0 Å². The predicted octanol–water partition coefficient (Wildman–Crippen LogP) is 2.81. The monoisotopic (exact) mass is 379 g/mol. The molecule has 0 spiro atoms. The first-order valence-corrected chi connectivity index (χ1v) is 9.32. The second kappa shape index (κ2) is 8.40. The lowest BCUT2D eigenvalue weighted by atomic mass is 9.94. The lowest BCUT2D eigenvalue weighted by Crippen LogP contribution is -2.53. The Balaban J connectivity index is 0.00000243. The van der Waals surface area contributed by atoms with Crippen molar-refractivity contribution >= 4 is 29.9 Å². The van der Waals surface area contributed by atoms with E-state index in [0.29, 0.717) is 13.0 Å². The number of halogens is 1. The first kappa shape index (κ1) is 20.7. The molecule has 2 heterocycles. The maximum Gasteiger partial charge on any atom is 0.228 e. The van der Waals surface area contributed by atoms with Gasteiger partial charge in [-0.25, -0.2) is 0 Å². The number of amides is 2. The number of hydrogen-bond donors (Lipinski definition) is 1. The van der Waals surface area contributed by atoms with Crippen LogP contribution in [0.1, 0.15) is 43.7 Å². The molecule has 0 radical (unpaired) electrons. The smallest absolute Gasteiger partial charge is 0.228 e. The van der Waals surface area contributed by atoms with Gasteiger partial charge in [0.2, 0.25) is 11.8 Å². The SMILES string of the molecule is Cc1cccc(N2CC(C(=O)N3CCCCC3C(C)N)CC2=O)c1C.Cl. The molecule has 2 fully saturated rings. The molecule has 0 aromatic heterocycles. The molecular formula is C20H30ClN3O2. The third-order valence-electron chi connectivity index (χ3n) is 5.78. The van der Waals surface area contributed by atoms with Gasteiger partial charge in [0.15, 0.2) is 0 Å². The molecule has 2 aliphatic rings. The molecule has 6 heteroatoms. The van der Waals surface area contributed by atoms with Crippen LogP contribution in [-0.4, -0.2) is 41.9 Å². The van der Waals surface area contributed by atoms with Crippen LogP contribution in [0.25, 0.3) is 0 Å². The van der Waals surface area contributed by atoms with Gasteiger partial charge in [0.05, 0.1) is 5.92 Å². The Labute approximate surface area is 162 Å². The Hall–Kier alpha value is -1.59. The fourth-order valence-electron chi connectivity index (χ4n) is 4.15. The van der Waals surface area contributed by atoms with E-state index in [9.17, 15) is 9.59 Å². The lowest BCUT2D eigenvalue weighted by Gasteiger charge is -2.39. The Morgan fingerprint density at radius 3 is 2.69 bits per heavy atom. The Morgan fingerprint density at radius 2 is 2.00 bits per heavy atom. The van der Waals surface area contributed by atoms with Crippen LogP contribution < -0.4 is 10.6 Å². The maximum absolute atomic E-state index is 13.1. The van der Waals surface area contributed by atoms with Gasteiger partial charge in [0.1, 0.15) is 0 Å². The van der Waals surface area contributed by atoms with E-state index >= 15 is 0 Å². The first-order chi connectivity index (χ1) is 11.9. The first-order valence-electron chi connectivity index (χ1n) is 9.32. The number of carbonyl (C=O) groups is 2. The highest BCUT2D eigenvalue weighted by Gasteiger charge is 2.40. The van der Waals surface area contributed by atoms with Crippen molar-refractivity contribution in [1.82, 2.24) is 4.90 Å². The number of nitrogens with zero attached hydrogens (tertiary/aromatic N) is 2. The Bertz CT molecular complexity index is 677. The second-order valence-corrected chi connectivity index (χ2v) is 7.58. The van der Waals surface area contributed by atoms with E-state index in [1.165, 1.54) is 0 Å². The van der Waals surface area contributed by atoms with E-state index in [-0.39, 0.29) is 42.2 Å². The van der Waals surface area contributed by atoms with Gasteiger partial charge < -0.3 is 15.5 Å². The van der Waals surface area contributed by atoms with Crippen LogP contribution in [0.15, 0.2) is 18.2 Å². The molecule has 0 bridgehead atoms. The molecule has 3 atom stereocenters. The molecule has 2 N–H and O–H groups in total. The van der Waals surface area contributed by atoms with Crippen LogP contribution in [0.2, 0.25) is 0 Å². The number of carbonyl (C=O) groups excluding carboxylic acids is 2. The fraction of sp³-hybridized carbons (Fsp3) is 0.600. The molecular weight excluding hydrogens is 350 g/mol. The van der Waals surface area contributed by atoms with Crippen LogP contribution >= 0.6 is 12.4 Å². The minimum atomic E-state index is -0.258. The van der Waals surface area contributed by atoms with Crippen LogP contribution in [-0.2, 0) is 9.59 Å². The third-order valence-corrected chi connectivity index (χ3v) is 5.78. The minimum Gasteiger partial charge on any atom is -0.338 e. The van der Waals surface area contributed by atoms with Crippen molar-refractivity contribution in [2.24, 2.45) is 11.7 Å². The molecule has 3 unspecified atom stereocenters. The van der Waals surface area contributed by atoms with Gasteiger partial charge in [-0.15, -0.1) is 12.4 Å². The minimum absolute atomic E-state index is 0. The number of likely N-dealkylation sites (tertiary alicyclic amines) is 1. The molecule has 2 amide bonds. The summed E-state index contributed by atoms with van der Waals surface area (Å²) >= 11 is 0. The van der Waals surface area contributed by atoms with Crippen molar-refractivity contribution < 1.29 is 9.59 Å². The lowest BCUT2D eigenvalue weighted by molar-refractivity contribution is -0.139. The van der Waals surface area contributed by atoms with Gasteiger partial charge >= 0.3 is 0 Å². The molecule has 2 aliphatic heterocycles. The molecule has 3 rings (SSSR count). The molecule has 5 nitrogen and oxygen atoms in total. The van der Waals surface area contributed by atoms with Gasteiger partial charge in [-0.3, -0.25) is 9.59 Å². The molecule has 2 saturated heterocycles. The highest BCUT2D eigenvalue weighted by molar-refractivity contribution is 6.01. The molecule has 1 aromatic rings. The molecule has 144 valence electrons. The van der Waals surface area contributed by atoms with Crippen molar-refractivity contribution in [3.63, 3.8) is 0 Å². The van der Waals surface area contributed by atoms with E-state index in [2.05, 4.69) is 0 Å². The average Bonchev–Trinajstić information content (AvgIpc) is 2.98. The quantitative estimate of drug-likeness (QED) is 0.878. The summed E-state index contributed by atoms with van der Waals surface area (Å²) in [5.74, 6) is -0.115. The van der Waals surface area contributed by atoms with Crippen molar-refractivity contribution in [3.8, 4) is 0 Å². The number of benzene rings is 1. The zero-order chi connectivity index (χ0) is 18.1. The van der Waals surface area contributed by atoms with Crippen molar-refractivity contribution in [2.75, 3.05) is 18.0 Å². The molecule has 1 aromatic carbocycles. The number of hydrogen-bond acceptors (Lipinski definition) is 3. The normalized spacial score (nSPS) is 24.4. The van der Waals surface area contributed by atoms with Crippen LogP contribution in [0.3, 0.4) is 0 Å². The summed E-state index contributed by atoms with van der Waals surface area (Å²) in [5, 5.41) is 0. The number of anilines is 1. The predicted molar refractivity (Wildman–Crippen MR) is 107 cm³/mol. The van der Waals surface area contributed by atoms with Gasteiger partial charge in [0, 0.05) is 37.3 Å². The van der Waals surface area contributed by atoms with Gasteiger partial charge in [-0.05, 0) is 57.2 Å². The van der Waals surface area contributed by atoms with Gasteiger partial charge in [-0.1, -0.05) is 12.1 Å². The van der Waals surface area contributed by atoms with Gasteiger partial charge in [-0.2, -0.15) is 0 Å². The average molecular weight is 380 g/mol. The number of nitrogens with two attached hydrogens (primary N) is 1. The van der Waals surface area contributed by atoms with E-state index in [4.69, 9.17) is 5.73 Å². The highest BCUT2D eigenvalue weighted by Crippen LogP contribution is 2.31. The van der Waals surface area contributed by atoms with Crippen LogP contribution in [0.5, 0.6) is 0 Å². The van der Waals surface area contributed by atoms with Crippen LogP contribution in [0, 0.1) is 19.8 Å². The summed E-state index contributed by atoms with van der Waals surface area (Å²) in [6, 6.07) is 6.06. The molecule has 26 heavy (non-hydrogen) atoms. The van der Waals surface area contributed by atoms with Crippen molar-refractivity contribution in [2.45, 2.75) is 58.5 Å². The number of piperidine rings is 1.